The summed E-state index contributed by atoms with van der Waals surface area (Å²) in [6.45, 7) is 0.486. The normalized spacial score (nSPS) is 16.5. The van der Waals surface area contributed by atoms with Crippen LogP contribution in [0.2, 0.25) is 10.0 Å². The molecule has 2 aromatic carbocycles. The average Bonchev–Trinajstić information content (AvgIpc) is 3.06. The zero-order valence-electron chi connectivity index (χ0n) is 16.9. The molecule has 162 valence electrons. The number of H-pyrrole nitrogens is 1. The lowest BCUT2D eigenvalue weighted by Crippen LogP contribution is -2.72. The van der Waals surface area contributed by atoms with Crippen LogP contribution in [-0.4, -0.2) is 34.1 Å². The Hall–Kier alpha value is -3.13. The lowest BCUT2D eigenvalue weighted by Gasteiger charge is -2.24. The highest BCUT2D eigenvalue weighted by atomic mass is 35.5. The third-order valence-corrected chi connectivity index (χ3v) is 6.68. The lowest BCUT2D eigenvalue weighted by atomic mass is 9.81. The predicted octanol–water partition coefficient (Wildman–Crippen LogP) is 2.12. The number of nitrogens with zero attached hydrogens (tertiary/aromatic N) is 1. The van der Waals surface area contributed by atoms with Crippen LogP contribution in [0, 0.1) is 0 Å². The third-order valence-electron chi connectivity index (χ3n) is 5.84. The first-order valence-electron chi connectivity index (χ1n) is 9.91. The van der Waals surface area contributed by atoms with E-state index in [1.165, 1.54) is 11.7 Å². The lowest BCUT2D eigenvalue weighted by molar-refractivity contribution is -0.364. The number of hydrogen-bond acceptors (Lipinski definition) is 4. The Morgan fingerprint density at radius 1 is 1.12 bits per heavy atom. The van der Waals surface area contributed by atoms with Gasteiger partial charge in [0.05, 0.1) is 28.1 Å². The molecule has 3 aromatic rings. The number of rotatable bonds is 4. The molecule has 0 bridgehead atoms. The summed E-state index contributed by atoms with van der Waals surface area (Å²) in [6.07, 6.45) is 0. The predicted molar refractivity (Wildman–Crippen MR) is 122 cm³/mol. The van der Waals surface area contributed by atoms with Crippen molar-refractivity contribution in [3.05, 3.63) is 101 Å². The quantitative estimate of drug-likeness (QED) is 0.543. The van der Waals surface area contributed by atoms with Gasteiger partial charge in [0.2, 0.25) is 0 Å². The summed E-state index contributed by atoms with van der Waals surface area (Å²) in [7, 11) is 1.53. The molecule has 0 radical (unpaired) electrons. The van der Waals surface area contributed by atoms with Crippen LogP contribution in [0.1, 0.15) is 28.2 Å². The van der Waals surface area contributed by atoms with Crippen molar-refractivity contribution in [1.82, 2.24) is 9.55 Å². The molecule has 3 N–H and O–H groups in total. The highest BCUT2D eigenvalue weighted by Gasteiger charge is 2.45. The molecule has 0 amide bonds. The number of fused-ring (bicyclic) bond motifs is 4. The van der Waals surface area contributed by atoms with Gasteiger partial charge in [-0.25, -0.2) is 9.79 Å². The number of allylic oxidation sites excluding steroid dienone is 1. The van der Waals surface area contributed by atoms with Gasteiger partial charge in [0, 0.05) is 18.2 Å². The van der Waals surface area contributed by atoms with Gasteiger partial charge in [-0.2, -0.15) is 4.57 Å². The maximum Gasteiger partial charge on any atom is 0.415 e. The Morgan fingerprint density at radius 3 is 2.62 bits per heavy atom. The van der Waals surface area contributed by atoms with Crippen molar-refractivity contribution >= 4 is 40.5 Å². The number of ether oxygens (including phenoxy) is 1. The number of methoxy groups -OCH3 is 1. The first kappa shape index (κ1) is 20.8. The number of benzene rings is 2. The third kappa shape index (κ3) is 2.97. The number of hydrogen-bond donors (Lipinski definition) is 3. The van der Waals surface area contributed by atoms with E-state index in [0.29, 0.717) is 33.3 Å². The molecule has 2 heterocycles. The molecule has 1 unspecified atom stereocenters. The minimum absolute atomic E-state index is 0.0452. The van der Waals surface area contributed by atoms with Crippen LogP contribution in [0.25, 0.3) is 5.76 Å². The topological polar surface area (TPSA) is 98.3 Å². The van der Waals surface area contributed by atoms with E-state index >= 15 is 0 Å². The average molecular weight is 471 g/mol. The number of halogens is 2. The zero-order valence-corrected chi connectivity index (χ0v) is 18.4. The minimum atomic E-state index is -0.752. The molecular weight excluding hydrogens is 453 g/mol. The molecule has 5 rings (SSSR count). The molecule has 2 aliphatic rings. The van der Waals surface area contributed by atoms with Gasteiger partial charge in [-0.15, -0.1) is 0 Å². The minimum Gasteiger partial charge on any atom is -0.507 e. The van der Waals surface area contributed by atoms with Gasteiger partial charge in [-0.05, 0) is 17.7 Å². The summed E-state index contributed by atoms with van der Waals surface area (Å²) in [5.74, 6) is -0.373. The van der Waals surface area contributed by atoms with Gasteiger partial charge in [0.1, 0.15) is 23.6 Å². The summed E-state index contributed by atoms with van der Waals surface area (Å²) in [6, 6.07) is 12.5. The van der Waals surface area contributed by atoms with Crippen molar-refractivity contribution < 1.29 is 14.8 Å². The number of aliphatic hydroxyl groups is 1. The van der Waals surface area contributed by atoms with Crippen molar-refractivity contribution in [2.24, 2.45) is 0 Å². The highest BCUT2D eigenvalue weighted by molar-refractivity contribution is 6.42. The number of aliphatic hydroxyl groups excluding tert-OH is 1. The van der Waals surface area contributed by atoms with Crippen molar-refractivity contribution in [3.63, 3.8) is 0 Å². The van der Waals surface area contributed by atoms with Crippen LogP contribution in [0.4, 0.5) is 5.82 Å². The molecular formula is C23H18Cl2N3O4+. The monoisotopic (exact) mass is 470 g/mol. The standard InChI is InChI=1S/C23H17Cl2N3O4/c1-32-10-9-28-21-17(22(30)27-23(28)31)15(13-7-4-8-14(24)18(13)25)16-19(26-21)11-5-2-3-6-12(11)20(16)29/h2-8,15,29H,9-10H2,1H3,(H,27,30,31)/p+1. The first-order valence-corrected chi connectivity index (χ1v) is 10.7. The van der Waals surface area contributed by atoms with Gasteiger partial charge < -0.3 is 9.84 Å². The maximum atomic E-state index is 13.1. The molecule has 1 aromatic heterocycles. The molecule has 7 nitrogen and oxygen atoms in total. The summed E-state index contributed by atoms with van der Waals surface area (Å²) in [5, 5.41) is 11.8. The molecule has 1 aliphatic carbocycles. The van der Waals surface area contributed by atoms with Gasteiger partial charge in [0.15, 0.2) is 0 Å². The van der Waals surface area contributed by atoms with E-state index in [1.54, 1.807) is 24.3 Å². The fourth-order valence-electron chi connectivity index (χ4n) is 4.43. The number of nitrogens with one attached hydrogen (secondary N) is 2. The number of aromatic amines is 1. The Kier molecular flexibility index (Phi) is 5.04. The highest BCUT2D eigenvalue weighted by Crippen LogP contribution is 2.46. The summed E-state index contributed by atoms with van der Waals surface area (Å²) >= 11 is 12.9. The Labute approximate surface area is 192 Å². The SMILES string of the molecule is COCCn1c2c(c(=O)[nH]c1=O)C(c1cccc(Cl)c1Cl)C1=C(O)c3ccccc3C1=[NH+]2. The summed E-state index contributed by atoms with van der Waals surface area (Å²) < 4.78 is 6.58. The van der Waals surface area contributed by atoms with Crippen LogP contribution < -0.4 is 16.2 Å². The van der Waals surface area contributed by atoms with Gasteiger partial charge in [0.25, 0.3) is 11.4 Å². The van der Waals surface area contributed by atoms with Crippen molar-refractivity contribution in [1.29, 1.82) is 0 Å². The maximum absolute atomic E-state index is 13.1. The van der Waals surface area contributed by atoms with E-state index in [2.05, 4.69) is 9.98 Å². The molecule has 0 saturated carbocycles. The molecule has 1 atom stereocenters. The van der Waals surface area contributed by atoms with Gasteiger partial charge in [-0.1, -0.05) is 53.5 Å². The van der Waals surface area contributed by atoms with Gasteiger partial charge >= 0.3 is 5.69 Å². The van der Waals surface area contributed by atoms with E-state index in [4.69, 9.17) is 27.9 Å². The van der Waals surface area contributed by atoms with Crippen molar-refractivity contribution in [2.75, 3.05) is 13.7 Å². The Bertz CT molecular complexity index is 1450. The molecule has 0 saturated heterocycles. The summed E-state index contributed by atoms with van der Waals surface area (Å²) in [4.78, 5) is 31.4. The van der Waals surface area contributed by atoms with Crippen LogP contribution >= 0.6 is 23.2 Å². The van der Waals surface area contributed by atoms with Crippen LogP contribution in [-0.2, 0) is 11.3 Å². The van der Waals surface area contributed by atoms with E-state index in [9.17, 15) is 14.7 Å². The second-order valence-electron chi connectivity index (χ2n) is 7.55. The van der Waals surface area contributed by atoms with E-state index in [0.717, 1.165) is 5.56 Å². The van der Waals surface area contributed by atoms with Crippen LogP contribution in [0.15, 0.2) is 57.6 Å². The number of aromatic nitrogens is 2. The first-order chi connectivity index (χ1) is 15.4. The molecule has 1 aliphatic heterocycles. The zero-order chi connectivity index (χ0) is 22.6. The molecule has 0 fully saturated rings. The Morgan fingerprint density at radius 2 is 1.88 bits per heavy atom. The Balaban J connectivity index is 1.91. The van der Waals surface area contributed by atoms with Crippen LogP contribution in [0.3, 0.4) is 0 Å². The fourth-order valence-corrected chi connectivity index (χ4v) is 4.85. The van der Waals surface area contributed by atoms with Crippen LogP contribution in [0.5, 0.6) is 0 Å². The van der Waals surface area contributed by atoms with Gasteiger partial charge in [-0.3, -0.25) is 9.78 Å². The van der Waals surface area contributed by atoms with Crippen molar-refractivity contribution in [3.8, 4) is 0 Å². The fraction of sp³-hybridized carbons (Fsp3) is 0.174. The van der Waals surface area contributed by atoms with Crippen molar-refractivity contribution in [2.45, 2.75) is 12.5 Å². The van der Waals surface area contributed by atoms with E-state index in [1.807, 2.05) is 18.2 Å². The smallest absolute Gasteiger partial charge is 0.415 e. The summed E-state index contributed by atoms with van der Waals surface area (Å²) in [5.41, 5.74) is 2.20. The second-order valence-corrected chi connectivity index (χ2v) is 8.34. The van der Waals surface area contributed by atoms with E-state index in [-0.39, 0.29) is 29.5 Å². The molecule has 32 heavy (non-hydrogen) atoms. The molecule has 0 spiro atoms. The van der Waals surface area contributed by atoms with E-state index < -0.39 is 17.2 Å². The second kappa shape index (κ2) is 7.78. The largest absolute Gasteiger partial charge is 0.507 e. The molecule has 9 heteroatoms.